The van der Waals surface area contributed by atoms with Crippen LogP contribution in [-0.4, -0.2) is 43.2 Å². The Bertz CT molecular complexity index is 1650. The number of ether oxygens (including phenoxy) is 2. The normalized spacial score (nSPS) is 22.3. The second-order valence-corrected chi connectivity index (χ2v) is 11.5. The van der Waals surface area contributed by atoms with Crippen molar-refractivity contribution < 1.29 is 44.6 Å². The van der Waals surface area contributed by atoms with Crippen molar-refractivity contribution in [3.05, 3.63) is 75.9 Å². The van der Waals surface area contributed by atoms with Gasteiger partial charge in [-0.05, 0) is 57.4 Å². The van der Waals surface area contributed by atoms with E-state index < -0.39 is 35.6 Å². The van der Waals surface area contributed by atoms with Crippen molar-refractivity contribution in [2.24, 2.45) is 5.92 Å². The summed E-state index contributed by atoms with van der Waals surface area (Å²) in [6.45, 7) is 3.79. The number of Topliss-reactive ketones (excluding diaryl/α,β-unsaturated/α-hetero) is 2. The fourth-order valence-corrected chi connectivity index (χ4v) is 6.48. The third-order valence-electron chi connectivity index (χ3n) is 8.58. The summed E-state index contributed by atoms with van der Waals surface area (Å²) < 4.78 is 11.8. The minimum atomic E-state index is -1.09. The van der Waals surface area contributed by atoms with Gasteiger partial charge in [0.1, 0.15) is 45.8 Å². The molecule has 9 nitrogen and oxygen atoms in total. The van der Waals surface area contributed by atoms with E-state index >= 15 is 0 Å². The minimum Gasteiger partial charge on any atom is -0.508 e. The molecule has 2 aliphatic heterocycles. The van der Waals surface area contributed by atoms with E-state index in [4.69, 9.17) is 9.47 Å². The first kappa shape index (κ1) is 27.5. The summed E-state index contributed by atoms with van der Waals surface area (Å²) in [6, 6.07) is 8.52. The highest BCUT2D eigenvalue weighted by Gasteiger charge is 2.49. The van der Waals surface area contributed by atoms with E-state index in [1.807, 2.05) is 19.9 Å². The van der Waals surface area contributed by atoms with Crippen molar-refractivity contribution in [3.8, 4) is 40.2 Å². The van der Waals surface area contributed by atoms with Crippen molar-refractivity contribution in [2.75, 3.05) is 0 Å². The summed E-state index contributed by atoms with van der Waals surface area (Å²) in [7, 11) is 0. The van der Waals surface area contributed by atoms with Gasteiger partial charge in [0.25, 0.3) is 0 Å². The van der Waals surface area contributed by atoms with Crippen molar-refractivity contribution in [3.63, 3.8) is 0 Å². The Kier molecular flexibility index (Phi) is 6.75. The van der Waals surface area contributed by atoms with Gasteiger partial charge >= 0.3 is 0 Å². The molecule has 4 unspecified atom stereocenters. The van der Waals surface area contributed by atoms with Gasteiger partial charge < -0.3 is 35.0 Å². The average Bonchev–Trinajstić information content (AvgIpc) is 3.30. The van der Waals surface area contributed by atoms with E-state index in [0.717, 1.165) is 18.4 Å². The number of ketones is 2. The molecule has 9 heteroatoms. The zero-order valence-electron chi connectivity index (χ0n) is 23.3. The topological polar surface area (TPSA) is 154 Å². The van der Waals surface area contributed by atoms with Crippen molar-refractivity contribution in [1.29, 1.82) is 0 Å². The first-order chi connectivity index (χ1) is 20.1. The SMILES string of the molecule is CC(C)=CCc1c(O)ccc(C(=O)C2CCCCC2c2c(O)cc3c(c2O)C(=O)C2Oc4cc(O)ccc4C2O3)c1O. The summed E-state index contributed by atoms with van der Waals surface area (Å²) in [6.07, 6.45) is 2.55. The second kappa shape index (κ2) is 10.3. The Hall–Kier alpha value is -4.66. The highest BCUT2D eigenvalue weighted by atomic mass is 16.6. The lowest BCUT2D eigenvalue weighted by Gasteiger charge is -2.34. The minimum absolute atomic E-state index is 0.00306. The second-order valence-electron chi connectivity index (χ2n) is 11.5. The number of carbonyl (C=O) groups excluding carboxylic acids is 2. The summed E-state index contributed by atoms with van der Waals surface area (Å²) in [5, 5.41) is 53.9. The first-order valence-electron chi connectivity index (χ1n) is 14.1. The zero-order chi connectivity index (χ0) is 29.9. The molecule has 3 aliphatic rings. The highest BCUT2D eigenvalue weighted by molar-refractivity contribution is 6.07. The molecule has 0 radical (unpaired) electrons. The summed E-state index contributed by atoms with van der Waals surface area (Å²) in [4.78, 5) is 27.6. The predicted octanol–water partition coefficient (Wildman–Crippen LogP) is 5.96. The van der Waals surface area contributed by atoms with Crippen LogP contribution in [0.15, 0.2) is 48.0 Å². The lowest BCUT2D eigenvalue weighted by molar-refractivity contribution is 0.0473. The van der Waals surface area contributed by atoms with Crippen LogP contribution in [-0.2, 0) is 6.42 Å². The Morgan fingerprint density at radius 3 is 2.38 bits per heavy atom. The van der Waals surface area contributed by atoms with Crippen LogP contribution in [0, 0.1) is 5.92 Å². The van der Waals surface area contributed by atoms with Gasteiger partial charge in [0.15, 0.2) is 11.9 Å². The molecule has 1 saturated carbocycles. The number of fused-ring (bicyclic) bond motifs is 4. The molecule has 5 N–H and O–H groups in total. The number of benzene rings is 3. The van der Waals surface area contributed by atoms with Crippen molar-refractivity contribution >= 4 is 11.6 Å². The van der Waals surface area contributed by atoms with Crippen LogP contribution >= 0.6 is 0 Å². The van der Waals surface area contributed by atoms with E-state index in [9.17, 15) is 35.1 Å². The maximum atomic E-state index is 13.9. The summed E-state index contributed by atoms with van der Waals surface area (Å²) >= 11 is 0. The molecule has 3 aromatic rings. The van der Waals surface area contributed by atoms with Gasteiger partial charge in [-0.25, -0.2) is 0 Å². The maximum Gasteiger partial charge on any atom is 0.215 e. The Morgan fingerprint density at radius 1 is 0.881 bits per heavy atom. The smallest absolute Gasteiger partial charge is 0.215 e. The van der Waals surface area contributed by atoms with Crippen LogP contribution in [0.2, 0.25) is 0 Å². The van der Waals surface area contributed by atoms with Crippen LogP contribution in [0.1, 0.15) is 89.0 Å². The van der Waals surface area contributed by atoms with Gasteiger partial charge in [-0.3, -0.25) is 9.59 Å². The van der Waals surface area contributed by atoms with Crippen molar-refractivity contribution in [2.45, 2.75) is 64.1 Å². The molecule has 4 atom stereocenters. The number of phenols is 5. The van der Waals surface area contributed by atoms with Crippen LogP contribution in [0.3, 0.4) is 0 Å². The van der Waals surface area contributed by atoms with E-state index in [0.29, 0.717) is 24.2 Å². The Labute approximate surface area is 242 Å². The monoisotopic (exact) mass is 572 g/mol. The lowest BCUT2D eigenvalue weighted by atomic mass is 9.71. The molecule has 0 bridgehead atoms. The van der Waals surface area contributed by atoms with Gasteiger partial charge in [-0.15, -0.1) is 0 Å². The molecule has 0 spiro atoms. The highest BCUT2D eigenvalue weighted by Crippen LogP contribution is 2.54. The summed E-state index contributed by atoms with van der Waals surface area (Å²) in [5.41, 5.74) is 1.81. The third kappa shape index (κ3) is 4.40. The molecule has 2 heterocycles. The molecule has 1 fully saturated rings. The van der Waals surface area contributed by atoms with Crippen LogP contribution in [0.5, 0.6) is 40.2 Å². The van der Waals surface area contributed by atoms with Gasteiger partial charge in [0, 0.05) is 40.7 Å². The molecular weight excluding hydrogens is 540 g/mol. The lowest BCUT2D eigenvalue weighted by Crippen LogP contribution is -2.36. The van der Waals surface area contributed by atoms with E-state index in [1.165, 1.54) is 30.3 Å². The molecular formula is C33H32O9. The van der Waals surface area contributed by atoms with Crippen LogP contribution < -0.4 is 9.47 Å². The third-order valence-corrected chi connectivity index (χ3v) is 8.58. The van der Waals surface area contributed by atoms with E-state index in [-0.39, 0.29) is 63.2 Å². The molecule has 6 rings (SSSR count). The van der Waals surface area contributed by atoms with Gasteiger partial charge in [-0.2, -0.15) is 0 Å². The fraction of sp³-hybridized carbons (Fsp3) is 0.333. The fourth-order valence-electron chi connectivity index (χ4n) is 6.48. The first-order valence-corrected chi connectivity index (χ1v) is 14.1. The molecule has 218 valence electrons. The standard InChI is InChI=1S/C33H32O9/c1-15(2)7-9-19-22(35)12-11-21(29(19)38)28(37)18-6-4-3-5-17(18)26-23(36)14-25-27(30(26)39)31(40)33-32(42-25)20-10-8-16(34)13-24(20)41-33/h7-8,10-14,17-18,32-36,38-39H,3-6,9H2,1-2H3. The maximum absolute atomic E-state index is 13.9. The number of phenolic OH excluding ortho intramolecular Hbond substituents is 5. The Balaban J connectivity index is 1.37. The molecule has 42 heavy (non-hydrogen) atoms. The molecule has 0 saturated heterocycles. The number of hydrogen-bond acceptors (Lipinski definition) is 9. The van der Waals surface area contributed by atoms with Gasteiger partial charge in [0.05, 0.1) is 5.56 Å². The van der Waals surface area contributed by atoms with Gasteiger partial charge in [-0.1, -0.05) is 24.5 Å². The summed E-state index contributed by atoms with van der Waals surface area (Å²) in [5.74, 6) is -3.15. The molecule has 0 aromatic heterocycles. The zero-order valence-corrected chi connectivity index (χ0v) is 23.3. The molecule has 1 aliphatic carbocycles. The number of carbonyl (C=O) groups is 2. The van der Waals surface area contributed by atoms with E-state index in [2.05, 4.69) is 0 Å². The predicted molar refractivity (Wildman–Crippen MR) is 152 cm³/mol. The Morgan fingerprint density at radius 2 is 1.62 bits per heavy atom. The van der Waals surface area contributed by atoms with Crippen LogP contribution in [0.4, 0.5) is 0 Å². The molecule has 0 amide bonds. The number of rotatable bonds is 5. The van der Waals surface area contributed by atoms with Crippen LogP contribution in [0.25, 0.3) is 0 Å². The quantitative estimate of drug-likeness (QED) is 0.184. The number of allylic oxidation sites excluding steroid dienone is 2. The largest absolute Gasteiger partial charge is 0.508 e. The van der Waals surface area contributed by atoms with Crippen molar-refractivity contribution in [1.82, 2.24) is 0 Å². The molecule has 3 aromatic carbocycles. The number of aromatic hydroxyl groups is 5. The average molecular weight is 573 g/mol. The number of hydrogen-bond donors (Lipinski definition) is 5. The van der Waals surface area contributed by atoms with E-state index in [1.54, 1.807) is 6.07 Å². The van der Waals surface area contributed by atoms with Gasteiger partial charge in [0.2, 0.25) is 11.9 Å².